The van der Waals surface area contributed by atoms with E-state index in [0.29, 0.717) is 28.1 Å². The van der Waals surface area contributed by atoms with Crippen molar-refractivity contribution in [1.82, 2.24) is 19.6 Å². The molecule has 1 aliphatic rings. The van der Waals surface area contributed by atoms with Gasteiger partial charge < -0.3 is 9.15 Å². The normalized spacial score (nSPS) is 13.4. The first-order chi connectivity index (χ1) is 14.7. The van der Waals surface area contributed by atoms with Crippen molar-refractivity contribution in [2.24, 2.45) is 0 Å². The molecule has 4 heterocycles. The standard InChI is InChI=1S/C22H17ClN4O2S/c1-12-4-2-6-15(23)19(12)28-10-13-8-9-16(29-13)20-25-21-18-14-5-3-7-17(14)30-22(18)24-11-27(21)26-20/h2,4,6,8-9,11H,3,5,7,10H2,1H3. The molecule has 150 valence electrons. The van der Waals surface area contributed by atoms with Gasteiger partial charge in [-0.2, -0.15) is 0 Å². The van der Waals surface area contributed by atoms with Crippen LogP contribution in [0.1, 0.15) is 28.2 Å². The molecule has 0 unspecified atom stereocenters. The predicted octanol–water partition coefficient (Wildman–Crippen LogP) is 5.63. The van der Waals surface area contributed by atoms with E-state index >= 15 is 0 Å². The Morgan fingerprint density at radius 1 is 1.23 bits per heavy atom. The second kappa shape index (κ2) is 6.82. The minimum Gasteiger partial charge on any atom is -0.484 e. The molecule has 6 rings (SSSR count). The molecule has 1 aliphatic carbocycles. The Morgan fingerprint density at radius 3 is 3.07 bits per heavy atom. The van der Waals surface area contributed by atoms with Gasteiger partial charge in [-0.3, -0.25) is 0 Å². The summed E-state index contributed by atoms with van der Waals surface area (Å²) in [5, 5.41) is 6.31. The van der Waals surface area contributed by atoms with Gasteiger partial charge in [0.25, 0.3) is 0 Å². The zero-order valence-corrected chi connectivity index (χ0v) is 17.8. The molecule has 0 N–H and O–H groups in total. The summed E-state index contributed by atoms with van der Waals surface area (Å²) < 4.78 is 13.6. The maximum Gasteiger partial charge on any atom is 0.217 e. The number of hydrogen-bond donors (Lipinski definition) is 0. The highest BCUT2D eigenvalue weighted by Gasteiger charge is 2.22. The van der Waals surface area contributed by atoms with Crippen molar-refractivity contribution in [3.8, 4) is 17.3 Å². The van der Waals surface area contributed by atoms with Crippen molar-refractivity contribution in [3.63, 3.8) is 0 Å². The molecule has 0 bridgehead atoms. The van der Waals surface area contributed by atoms with Crippen LogP contribution in [0, 0.1) is 6.92 Å². The molecular weight excluding hydrogens is 420 g/mol. The van der Waals surface area contributed by atoms with Crippen LogP contribution in [0.25, 0.3) is 27.4 Å². The van der Waals surface area contributed by atoms with Crippen molar-refractivity contribution in [2.45, 2.75) is 32.8 Å². The number of aromatic nitrogens is 4. The maximum atomic E-state index is 6.24. The van der Waals surface area contributed by atoms with Crippen LogP contribution in [0.2, 0.25) is 5.02 Å². The number of hydrogen-bond acceptors (Lipinski definition) is 6. The minimum absolute atomic E-state index is 0.280. The Balaban J connectivity index is 1.32. The lowest BCUT2D eigenvalue weighted by Gasteiger charge is -2.09. The van der Waals surface area contributed by atoms with E-state index in [-0.39, 0.29) is 6.61 Å². The molecule has 6 nitrogen and oxygen atoms in total. The number of fused-ring (bicyclic) bond motifs is 5. The highest BCUT2D eigenvalue weighted by molar-refractivity contribution is 7.19. The second-order valence-electron chi connectivity index (χ2n) is 7.43. The van der Waals surface area contributed by atoms with Crippen molar-refractivity contribution in [2.75, 3.05) is 0 Å². The van der Waals surface area contributed by atoms with Crippen molar-refractivity contribution >= 4 is 38.8 Å². The Morgan fingerprint density at radius 2 is 2.17 bits per heavy atom. The van der Waals surface area contributed by atoms with Gasteiger partial charge in [0.2, 0.25) is 5.82 Å². The number of ether oxygens (including phenoxy) is 1. The van der Waals surface area contributed by atoms with Crippen LogP contribution in [-0.2, 0) is 19.4 Å². The number of furan rings is 1. The molecule has 0 amide bonds. The van der Waals surface area contributed by atoms with Gasteiger partial charge in [-0.15, -0.1) is 16.4 Å². The number of nitrogens with zero attached hydrogens (tertiary/aromatic N) is 4. The summed E-state index contributed by atoms with van der Waals surface area (Å²) in [4.78, 5) is 11.8. The largest absolute Gasteiger partial charge is 0.484 e. The van der Waals surface area contributed by atoms with E-state index < -0.39 is 0 Å². The Labute approximate surface area is 181 Å². The fourth-order valence-electron chi connectivity index (χ4n) is 4.02. The number of aryl methyl sites for hydroxylation is 3. The smallest absolute Gasteiger partial charge is 0.217 e. The summed E-state index contributed by atoms with van der Waals surface area (Å²) in [5.41, 5.74) is 3.21. The summed E-state index contributed by atoms with van der Waals surface area (Å²) in [6.07, 6.45) is 5.15. The first-order valence-corrected chi connectivity index (χ1v) is 11.0. The molecule has 1 aromatic carbocycles. The SMILES string of the molecule is Cc1cccc(Cl)c1OCc1ccc(-c2nc3c4c5c(sc4ncn3n2)CCC5)o1. The van der Waals surface area contributed by atoms with Gasteiger partial charge in [0.1, 0.15) is 29.3 Å². The van der Waals surface area contributed by atoms with Gasteiger partial charge >= 0.3 is 0 Å². The summed E-state index contributed by atoms with van der Waals surface area (Å²) in [6, 6.07) is 9.43. The molecule has 0 radical (unpaired) electrons. The molecule has 4 aromatic heterocycles. The maximum absolute atomic E-state index is 6.24. The molecular formula is C22H17ClN4O2S. The third-order valence-corrected chi connectivity index (χ3v) is 6.94. The predicted molar refractivity (Wildman–Crippen MR) is 116 cm³/mol. The lowest BCUT2D eigenvalue weighted by atomic mass is 10.2. The van der Waals surface area contributed by atoms with E-state index in [1.54, 1.807) is 22.2 Å². The van der Waals surface area contributed by atoms with E-state index in [9.17, 15) is 0 Å². The zero-order valence-electron chi connectivity index (χ0n) is 16.2. The van der Waals surface area contributed by atoms with Gasteiger partial charge in [0.05, 0.1) is 10.4 Å². The molecule has 8 heteroatoms. The van der Waals surface area contributed by atoms with Crippen LogP contribution < -0.4 is 4.74 Å². The van der Waals surface area contributed by atoms with Gasteiger partial charge in [-0.1, -0.05) is 23.7 Å². The quantitative estimate of drug-likeness (QED) is 0.365. The van der Waals surface area contributed by atoms with Crippen LogP contribution in [0.3, 0.4) is 0 Å². The van der Waals surface area contributed by atoms with Crippen LogP contribution in [0.5, 0.6) is 5.75 Å². The molecule has 0 spiro atoms. The van der Waals surface area contributed by atoms with E-state index in [1.165, 1.54) is 16.9 Å². The van der Waals surface area contributed by atoms with Gasteiger partial charge in [0, 0.05) is 4.88 Å². The molecule has 0 saturated carbocycles. The fourth-order valence-corrected chi connectivity index (χ4v) is 5.52. The number of rotatable bonds is 4. The number of para-hydroxylation sites is 1. The third kappa shape index (κ3) is 2.80. The lowest BCUT2D eigenvalue weighted by Crippen LogP contribution is -1.96. The molecule has 0 saturated heterocycles. The second-order valence-corrected chi connectivity index (χ2v) is 8.92. The average molecular weight is 437 g/mol. The van der Waals surface area contributed by atoms with Crippen LogP contribution in [0.4, 0.5) is 0 Å². The monoisotopic (exact) mass is 436 g/mol. The first-order valence-electron chi connectivity index (χ1n) is 9.80. The average Bonchev–Trinajstić information content (AvgIpc) is 3.49. The molecule has 0 aliphatic heterocycles. The summed E-state index contributed by atoms with van der Waals surface area (Å²) >= 11 is 8.01. The summed E-state index contributed by atoms with van der Waals surface area (Å²) in [7, 11) is 0. The fraction of sp³-hybridized carbons (Fsp3) is 0.227. The van der Waals surface area contributed by atoms with E-state index in [2.05, 4.69) is 10.1 Å². The summed E-state index contributed by atoms with van der Waals surface area (Å²) in [5.74, 6) is 2.50. The number of halogens is 1. The van der Waals surface area contributed by atoms with Crippen molar-refractivity contribution < 1.29 is 9.15 Å². The van der Waals surface area contributed by atoms with Gasteiger partial charge in [-0.05, 0) is 55.5 Å². The lowest BCUT2D eigenvalue weighted by molar-refractivity contribution is 0.270. The van der Waals surface area contributed by atoms with Crippen LogP contribution >= 0.6 is 22.9 Å². The zero-order chi connectivity index (χ0) is 20.2. The highest BCUT2D eigenvalue weighted by Crippen LogP contribution is 2.38. The highest BCUT2D eigenvalue weighted by atomic mass is 35.5. The van der Waals surface area contributed by atoms with Gasteiger partial charge in [-0.25, -0.2) is 14.5 Å². The third-order valence-electron chi connectivity index (χ3n) is 5.45. The van der Waals surface area contributed by atoms with Crippen molar-refractivity contribution in [1.29, 1.82) is 0 Å². The first kappa shape index (κ1) is 17.9. The molecule has 0 atom stereocenters. The van der Waals surface area contributed by atoms with E-state index in [0.717, 1.165) is 34.3 Å². The van der Waals surface area contributed by atoms with E-state index in [1.807, 2.05) is 37.3 Å². The number of benzene rings is 1. The topological polar surface area (TPSA) is 65.5 Å². The molecule has 30 heavy (non-hydrogen) atoms. The Kier molecular flexibility index (Phi) is 4.07. The van der Waals surface area contributed by atoms with E-state index in [4.69, 9.17) is 25.7 Å². The minimum atomic E-state index is 0.280. The Hall–Kier alpha value is -2.90. The van der Waals surface area contributed by atoms with Crippen LogP contribution in [0.15, 0.2) is 41.1 Å². The van der Waals surface area contributed by atoms with Gasteiger partial charge in [0.15, 0.2) is 11.4 Å². The summed E-state index contributed by atoms with van der Waals surface area (Å²) in [6.45, 7) is 2.24. The number of thiophene rings is 1. The van der Waals surface area contributed by atoms with Crippen LogP contribution in [-0.4, -0.2) is 19.6 Å². The molecule has 5 aromatic rings. The Bertz CT molecular complexity index is 1400. The molecule has 0 fully saturated rings. The van der Waals surface area contributed by atoms with Crippen molar-refractivity contribution in [3.05, 3.63) is 63.4 Å².